The molecule has 0 aliphatic carbocycles. The lowest BCUT2D eigenvalue weighted by atomic mass is 10.2. The van der Waals surface area contributed by atoms with Crippen molar-refractivity contribution in [2.45, 2.75) is 11.9 Å². The van der Waals surface area contributed by atoms with E-state index in [0.29, 0.717) is 17.1 Å². The van der Waals surface area contributed by atoms with Gasteiger partial charge in [-0.1, -0.05) is 0 Å². The van der Waals surface area contributed by atoms with E-state index >= 15 is 0 Å². The van der Waals surface area contributed by atoms with Crippen LogP contribution in [-0.4, -0.2) is 46.2 Å². The number of hydrogen-bond acceptors (Lipinski definition) is 4. The Balaban J connectivity index is 2.97. The normalized spacial score (nSPS) is 10.0. The van der Waals surface area contributed by atoms with Gasteiger partial charge in [0.15, 0.2) is 0 Å². The molecule has 0 atom stereocenters. The molecule has 0 aliphatic heterocycles. The highest BCUT2D eigenvalue weighted by atomic mass is 32.2. The third-order valence-electron chi connectivity index (χ3n) is 2.19. The maximum atomic E-state index is 12.1. The average molecular weight is 254 g/mol. The largest absolute Gasteiger partial charge is 0.480 e. The fraction of sp³-hybridized carbons (Fsp3) is 0.364. The lowest BCUT2D eigenvalue weighted by molar-refractivity contribution is -0.137. The molecule has 1 N–H and O–H groups in total. The standard InChI is InChI=1S/C11H14N2O3S/c1-3-13(7-9(14)15)11(16)8-5-4-6-12-10(8)17-2/h4-6H,3,7H2,1-2H3,(H,14,15). The van der Waals surface area contributed by atoms with Crippen LogP contribution in [0.4, 0.5) is 0 Å². The zero-order valence-corrected chi connectivity index (χ0v) is 10.5. The predicted molar refractivity (Wildman–Crippen MR) is 65.2 cm³/mol. The molecule has 5 nitrogen and oxygen atoms in total. The Kier molecular flexibility index (Phi) is 4.96. The summed E-state index contributed by atoms with van der Waals surface area (Å²) in [6, 6.07) is 3.33. The zero-order valence-electron chi connectivity index (χ0n) is 9.71. The van der Waals surface area contributed by atoms with E-state index < -0.39 is 5.97 Å². The van der Waals surface area contributed by atoms with E-state index in [0.717, 1.165) is 0 Å². The van der Waals surface area contributed by atoms with Gasteiger partial charge in [0.2, 0.25) is 0 Å². The number of aliphatic carboxylic acids is 1. The van der Waals surface area contributed by atoms with Crippen LogP contribution < -0.4 is 0 Å². The van der Waals surface area contributed by atoms with E-state index in [2.05, 4.69) is 4.98 Å². The highest BCUT2D eigenvalue weighted by Crippen LogP contribution is 2.18. The third kappa shape index (κ3) is 3.45. The highest BCUT2D eigenvalue weighted by molar-refractivity contribution is 7.98. The number of carbonyl (C=O) groups is 2. The molecule has 0 bridgehead atoms. The minimum absolute atomic E-state index is 0.294. The summed E-state index contributed by atoms with van der Waals surface area (Å²) in [5, 5.41) is 9.33. The molecule has 1 heterocycles. The third-order valence-corrected chi connectivity index (χ3v) is 2.90. The second-order valence-electron chi connectivity index (χ2n) is 3.27. The summed E-state index contributed by atoms with van der Waals surface area (Å²) >= 11 is 1.36. The maximum Gasteiger partial charge on any atom is 0.323 e. The van der Waals surface area contributed by atoms with Crippen LogP contribution in [0.15, 0.2) is 23.4 Å². The molecule has 1 rings (SSSR count). The second-order valence-corrected chi connectivity index (χ2v) is 4.07. The first-order valence-electron chi connectivity index (χ1n) is 5.10. The number of amides is 1. The van der Waals surface area contributed by atoms with Crippen LogP contribution in [0.2, 0.25) is 0 Å². The molecular formula is C11H14N2O3S. The Morgan fingerprint density at radius 3 is 2.76 bits per heavy atom. The molecule has 1 aromatic rings. The van der Waals surface area contributed by atoms with E-state index in [1.165, 1.54) is 16.7 Å². The molecule has 0 aromatic carbocycles. The van der Waals surface area contributed by atoms with Gasteiger partial charge in [-0.15, -0.1) is 11.8 Å². The van der Waals surface area contributed by atoms with Crippen molar-refractivity contribution in [3.8, 4) is 0 Å². The number of carboxylic acids is 1. The molecule has 0 saturated heterocycles. The Bertz CT molecular complexity index is 423. The average Bonchev–Trinajstić information content (AvgIpc) is 2.34. The first kappa shape index (κ1) is 13.5. The molecule has 1 amide bonds. The summed E-state index contributed by atoms with van der Waals surface area (Å²) in [5.41, 5.74) is 0.447. The van der Waals surface area contributed by atoms with Gasteiger partial charge in [0.05, 0.1) is 5.56 Å². The van der Waals surface area contributed by atoms with Crippen molar-refractivity contribution >= 4 is 23.6 Å². The fourth-order valence-corrected chi connectivity index (χ4v) is 1.92. The summed E-state index contributed by atoms with van der Waals surface area (Å²) in [7, 11) is 0. The van der Waals surface area contributed by atoms with Crippen LogP contribution in [0.3, 0.4) is 0 Å². The molecule has 0 fully saturated rings. The Hall–Kier alpha value is -1.56. The molecule has 92 valence electrons. The predicted octanol–water partition coefficient (Wildman–Crippen LogP) is 1.35. The number of rotatable bonds is 5. The smallest absolute Gasteiger partial charge is 0.323 e. The molecular weight excluding hydrogens is 240 g/mol. The molecule has 1 aromatic heterocycles. The maximum absolute atomic E-state index is 12.1. The van der Waals surface area contributed by atoms with Crippen LogP contribution in [0, 0.1) is 0 Å². The van der Waals surface area contributed by atoms with E-state index in [1.807, 2.05) is 6.26 Å². The van der Waals surface area contributed by atoms with E-state index in [-0.39, 0.29) is 12.5 Å². The molecule has 0 saturated carbocycles. The van der Waals surface area contributed by atoms with Crippen molar-refractivity contribution < 1.29 is 14.7 Å². The van der Waals surface area contributed by atoms with Gasteiger partial charge in [-0.2, -0.15) is 0 Å². The molecule has 0 radical (unpaired) electrons. The topological polar surface area (TPSA) is 70.5 Å². The van der Waals surface area contributed by atoms with Crippen molar-refractivity contribution in [1.82, 2.24) is 9.88 Å². The van der Waals surface area contributed by atoms with Gasteiger partial charge in [0.25, 0.3) is 5.91 Å². The van der Waals surface area contributed by atoms with E-state index in [9.17, 15) is 9.59 Å². The van der Waals surface area contributed by atoms with Crippen molar-refractivity contribution in [2.24, 2.45) is 0 Å². The molecule has 17 heavy (non-hydrogen) atoms. The van der Waals surface area contributed by atoms with Crippen LogP contribution in [-0.2, 0) is 4.79 Å². The number of carboxylic acid groups (broad SMARTS) is 1. The lowest BCUT2D eigenvalue weighted by Gasteiger charge is -2.19. The Morgan fingerprint density at radius 1 is 1.53 bits per heavy atom. The zero-order chi connectivity index (χ0) is 12.8. The van der Waals surface area contributed by atoms with E-state index in [1.54, 1.807) is 25.3 Å². The van der Waals surface area contributed by atoms with Crippen LogP contribution in [0.1, 0.15) is 17.3 Å². The quantitative estimate of drug-likeness (QED) is 0.803. The van der Waals surface area contributed by atoms with Crippen molar-refractivity contribution in [3.63, 3.8) is 0 Å². The minimum Gasteiger partial charge on any atom is -0.480 e. The first-order chi connectivity index (χ1) is 8.10. The minimum atomic E-state index is -1.02. The van der Waals surface area contributed by atoms with Gasteiger partial charge in [-0.3, -0.25) is 9.59 Å². The highest BCUT2D eigenvalue weighted by Gasteiger charge is 2.19. The number of likely N-dealkylation sites (N-methyl/N-ethyl adjacent to an activating group) is 1. The van der Waals surface area contributed by atoms with Crippen LogP contribution in [0.25, 0.3) is 0 Å². The van der Waals surface area contributed by atoms with Crippen LogP contribution in [0.5, 0.6) is 0 Å². The first-order valence-corrected chi connectivity index (χ1v) is 6.32. The summed E-state index contributed by atoms with van der Waals surface area (Å²) in [4.78, 5) is 28.1. The van der Waals surface area contributed by atoms with E-state index in [4.69, 9.17) is 5.11 Å². The number of carbonyl (C=O) groups excluding carboxylic acids is 1. The Morgan fingerprint density at radius 2 is 2.24 bits per heavy atom. The summed E-state index contributed by atoms with van der Waals surface area (Å²) in [5.74, 6) is -1.32. The summed E-state index contributed by atoms with van der Waals surface area (Å²) in [6.45, 7) is 1.81. The number of thioether (sulfide) groups is 1. The molecule has 0 aliphatic rings. The number of pyridine rings is 1. The van der Waals surface area contributed by atoms with Gasteiger partial charge in [0, 0.05) is 12.7 Å². The molecule has 6 heteroatoms. The number of aromatic nitrogens is 1. The van der Waals surface area contributed by atoms with Gasteiger partial charge in [0.1, 0.15) is 11.6 Å². The molecule has 0 unspecified atom stereocenters. The summed E-state index contributed by atoms with van der Waals surface area (Å²) in [6.07, 6.45) is 3.43. The van der Waals surface area contributed by atoms with Gasteiger partial charge in [-0.05, 0) is 25.3 Å². The van der Waals surface area contributed by atoms with Gasteiger partial charge >= 0.3 is 5.97 Å². The van der Waals surface area contributed by atoms with Crippen molar-refractivity contribution in [2.75, 3.05) is 19.3 Å². The van der Waals surface area contributed by atoms with Crippen LogP contribution >= 0.6 is 11.8 Å². The van der Waals surface area contributed by atoms with Gasteiger partial charge < -0.3 is 10.0 Å². The molecule has 0 spiro atoms. The fourth-order valence-electron chi connectivity index (χ4n) is 1.38. The summed E-state index contributed by atoms with van der Waals surface area (Å²) < 4.78 is 0. The second kappa shape index (κ2) is 6.24. The Labute approximate surface area is 104 Å². The number of nitrogens with zero attached hydrogens (tertiary/aromatic N) is 2. The lowest BCUT2D eigenvalue weighted by Crippen LogP contribution is -2.35. The number of hydrogen-bond donors (Lipinski definition) is 1. The SMILES string of the molecule is CCN(CC(=O)O)C(=O)c1cccnc1SC. The van der Waals surface area contributed by atoms with Crippen molar-refractivity contribution in [1.29, 1.82) is 0 Å². The van der Waals surface area contributed by atoms with Crippen molar-refractivity contribution in [3.05, 3.63) is 23.9 Å². The van der Waals surface area contributed by atoms with Gasteiger partial charge in [-0.25, -0.2) is 4.98 Å². The monoisotopic (exact) mass is 254 g/mol.